The second-order valence-electron chi connectivity index (χ2n) is 10.8. The summed E-state index contributed by atoms with van der Waals surface area (Å²) in [7, 11) is 1.35. The Hall–Kier alpha value is -4.93. The predicted octanol–water partition coefficient (Wildman–Crippen LogP) is 7.99. The molecular formula is C36H30N2O6S2. The van der Waals surface area contributed by atoms with E-state index in [4.69, 9.17) is 4.74 Å². The molecule has 0 radical (unpaired) electrons. The first-order chi connectivity index (χ1) is 22.3. The van der Waals surface area contributed by atoms with Crippen molar-refractivity contribution in [1.82, 2.24) is 0 Å². The largest absolute Gasteiger partial charge is 0.478 e. The number of esters is 1. The molecule has 3 N–H and O–H groups in total. The van der Waals surface area contributed by atoms with Gasteiger partial charge in [-0.1, -0.05) is 60.7 Å². The Balaban J connectivity index is 1.27. The molecule has 46 heavy (non-hydrogen) atoms. The third-order valence-electron chi connectivity index (χ3n) is 7.86. The van der Waals surface area contributed by atoms with Crippen molar-refractivity contribution in [3.05, 3.63) is 124 Å². The lowest BCUT2D eigenvalue weighted by Crippen LogP contribution is -2.20. The van der Waals surface area contributed by atoms with Gasteiger partial charge in [-0.3, -0.25) is 9.59 Å². The molecule has 1 unspecified atom stereocenters. The second-order valence-corrected chi connectivity index (χ2v) is 13.1. The minimum atomic E-state index is -1.11. The number of methoxy groups -OCH3 is 1. The van der Waals surface area contributed by atoms with Crippen LogP contribution in [0, 0.1) is 0 Å². The van der Waals surface area contributed by atoms with Gasteiger partial charge >= 0.3 is 11.9 Å². The number of anilines is 2. The van der Waals surface area contributed by atoms with Crippen LogP contribution in [-0.2, 0) is 22.4 Å². The van der Waals surface area contributed by atoms with Crippen LogP contribution in [0.5, 0.6) is 0 Å². The summed E-state index contributed by atoms with van der Waals surface area (Å²) in [6.45, 7) is 0. The van der Waals surface area contributed by atoms with Crippen molar-refractivity contribution >= 4 is 68.3 Å². The topological polar surface area (TPSA) is 122 Å². The van der Waals surface area contributed by atoms with Crippen molar-refractivity contribution in [1.29, 1.82) is 0 Å². The Bertz CT molecular complexity index is 1970. The number of carbonyl (C=O) groups excluding carboxylic acids is 3. The zero-order chi connectivity index (χ0) is 32.2. The third-order valence-corrected chi connectivity index (χ3v) is 10.3. The molecule has 1 aliphatic rings. The van der Waals surface area contributed by atoms with Gasteiger partial charge in [-0.25, -0.2) is 9.59 Å². The van der Waals surface area contributed by atoms with Gasteiger partial charge in [-0.2, -0.15) is 0 Å². The van der Waals surface area contributed by atoms with Crippen LogP contribution >= 0.6 is 23.1 Å². The summed E-state index contributed by atoms with van der Waals surface area (Å²) in [5.74, 6) is -2.30. The number of carbonyl (C=O) groups is 4. The summed E-state index contributed by atoms with van der Waals surface area (Å²) in [5, 5.41) is 16.5. The van der Waals surface area contributed by atoms with Crippen LogP contribution in [0.1, 0.15) is 65.2 Å². The van der Waals surface area contributed by atoms with Gasteiger partial charge in [0.25, 0.3) is 5.91 Å². The van der Waals surface area contributed by atoms with Crippen molar-refractivity contribution in [2.75, 3.05) is 17.7 Å². The molecule has 1 aromatic heterocycles. The first-order valence-corrected chi connectivity index (χ1v) is 16.5. The van der Waals surface area contributed by atoms with Crippen molar-refractivity contribution < 1.29 is 29.0 Å². The molecule has 0 saturated heterocycles. The van der Waals surface area contributed by atoms with Gasteiger partial charge in [0.15, 0.2) is 0 Å². The minimum absolute atomic E-state index is 0.0474. The summed E-state index contributed by atoms with van der Waals surface area (Å²) < 4.78 is 5.09. The van der Waals surface area contributed by atoms with Crippen LogP contribution in [-0.4, -0.2) is 36.0 Å². The number of carboxylic acids is 1. The van der Waals surface area contributed by atoms with E-state index in [0.29, 0.717) is 27.0 Å². The number of amides is 2. The molecule has 1 aliphatic carbocycles. The third kappa shape index (κ3) is 6.40. The van der Waals surface area contributed by atoms with Crippen LogP contribution in [0.2, 0.25) is 0 Å². The first-order valence-electron chi connectivity index (χ1n) is 14.8. The molecule has 0 fully saturated rings. The number of hydrogen-bond donors (Lipinski definition) is 3. The number of nitrogens with one attached hydrogen (secondary N) is 2. The van der Waals surface area contributed by atoms with Crippen molar-refractivity contribution in [2.24, 2.45) is 0 Å². The number of hydrogen-bond acceptors (Lipinski definition) is 7. The fourth-order valence-electron chi connectivity index (χ4n) is 5.74. The summed E-state index contributed by atoms with van der Waals surface area (Å²) in [4.78, 5) is 54.0. The molecule has 8 nitrogen and oxygen atoms in total. The van der Waals surface area contributed by atoms with E-state index < -0.39 is 23.1 Å². The van der Waals surface area contributed by atoms with Crippen LogP contribution in [0.4, 0.5) is 10.7 Å². The fourth-order valence-corrected chi connectivity index (χ4v) is 8.10. The maximum absolute atomic E-state index is 14.0. The Kier molecular flexibility index (Phi) is 9.18. The molecule has 0 aliphatic heterocycles. The van der Waals surface area contributed by atoms with Crippen LogP contribution in [0.25, 0.3) is 10.8 Å². The highest BCUT2D eigenvalue weighted by Gasteiger charge is 2.30. The van der Waals surface area contributed by atoms with Gasteiger partial charge in [-0.05, 0) is 72.5 Å². The average molecular weight is 651 g/mol. The number of fused-ring (bicyclic) bond motifs is 2. The summed E-state index contributed by atoms with van der Waals surface area (Å²) >= 11 is 2.75. The van der Waals surface area contributed by atoms with E-state index >= 15 is 0 Å². The number of benzene rings is 4. The second kappa shape index (κ2) is 13.6. The fraction of sp³-hybridized carbons (Fsp3) is 0.167. The molecule has 0 saturated carbocycles. The molecule has 232 valence electrons. The zero-order valence-corrected chi connectivity index (χ0v) is 26.5. The molecule has 0 spiro atoms. The Morgan fingerprint density at radius 1 is 0.848 bits per heavy atom. The quantitative estimate of drug-likeness (QED) is 0.109. The van der Waals surface area contributed by atoms with Gasteiger partial charge in [0.1, 0.15) is 10.3 Å². The lowest BCUT2D eigenvalue weighted by Gasteiger charge is -2.18. The molecule has 6 rings (SSSR count). The van der Waals surface area contributed by atoms with Crippen molar-refractivity contribution in [2.45, 2.75) is 35.8 Å². The zero-order valence-electron chi connectivity index (χ0n) is 24.9. The van der Waals surface area contributed by atoms with Crippen molar-refractivity contribution in [3.8, 4) is 0 Å². The van der Waals surface area contributed by atoms with Gasteiger partial charge in [0, 0.05) is 26.4 Å². The van der Waals surface area contributed by atoms with Crippen LogP contribution in [0.15, 0.2) is 95.9 Å². The molecule has 1 heterocycles. The highest BCUT2D eigenvalue weighted by Crippen LogP contribution is 2.41. The Labute approximate surface area is 273 Å². The lowest BCUT2D eigenvalue weighted by atomic mass is 9.95. The summed E-state index contributed by atoms with van der Waals surface area (Å²) in [6.07, 6.45) is 3.67. The van der Waals surface area contributed by atoms with Gasteiger partial charge < -0.3 is 20.5 Å². The number of thiophene rings is 1. The monoisotopic (exact) mass is 650 g/mol. The Morgan fingerprint density at radius 2 is 1.57 bits per heavy atom. The molecule has 4 aromatic carbocycles. The molecule has 1 atom stereocenters. The summed E-state index contributed by atoms with van der Waals surface area (Å²) in [5.41, 5.74) is 2.97. The molecular weight excluding hydrogens is 621 g/mol. The van der Waals surface area contributed by atoms with E-state index in [1.807, 2.05) is 36.4 Å². The minimum Gasteiger partial charge on any atom is -0.478 e. The molecule has 5 aromatic rings. The number of ether oxygens (including phenoxy) is 1. The highest BCUT2D eigenvalue weighted by molar-refractivity contribution is 8.00. The van der Waals surface area contributed by atoms with E-state index in [1.54, 1.807) is 48.5 Å². The van der Waals surface area contributed by atoms with Crippen LogP contribution in [0.3, 0.4) is 0 Å². The van der Waals surface area contributed by atoms with Gasteiger partial charge in [-0.15, -0.1) is 23.1 Å². The smallest absolute Gasteiger partial charge is 0.341 e. The highest BCUT2D eigenvalue weighted by atomic mass is 32.2. The van der Waals surface area contributed by atoms with Crippen molar-refractivity contribution in [3.63, 3.8) is 0 Å². The normalized spacial score (nSPS) is 13.0. The first kappa shape index (κ1) is 31.1. The van der Waals surface area contributed by atoms with E-state index in [-0.39, 0.29) is 17.0 Å². The number of aryl methyl sites for hydroxylation is 1. The van der Waals surface area contributed by atoms with E-state index in [2.05, 4.69) is 10.6 Å². The van der Waals surface area contributed by atoms with E-state index in [9.17, 15) is 24.3 Å². The standard InChI is InChI=1S/C36H30N2O6S2/c1-44-36(43)30-25-16-5-6-19-28(25)46-34(30)38-33(40)31(22-10-3-2-4-11-22)45-24-15-9-14-23(20-24)37-32(39)26-17-7-12-21-13-8-18-27(29(21)26)35(41)42/h2-4,7-15,17-18,20,31H,5-6,16,19H2,1H3,(H,37,39)(H,38,40)(H,41,42). The number of thioether (sulfide) groups is 1. The van der Waals surface area contributed by atoms with E-state index in [0.717, 1.165) is 46.6 Å². The number of aromatic carboxylic acids is 1. The average Bonchev–Trinajstić information content (AvgIpc) is 3.44. The van der Waals surface area contributed by atoms with Gasteiger partial charge in [0.05, 0.1) is 18.2 Å². The summed E-state index contributed by atoms with van der Waals surface area (Å²) in [6, 6.07) is 26.5. The molecule has 0 bridgehead atoms. The maximum Gasteiger partial charge on any atom is 0.341 e. The molecule has 2 amide bonds. The number of rotatable bonds is 9. The van der Waals surface area contributed by atoms with Gasteiger partial charge in [0.2, 0.25) is 5.91 Å². The van der Waals surface area contributed by atoms with Crippen LogP contribution < -0.4 is 10.6 Å². The predicted molar refractivity (Wildman–Crippen MR) is 181 cm³/mol. The number of carboxylic acid groups (broad SMARTS) is 1. The SMILES string of the molecule is COC(=O)c1c(NC(=O)C(Sc2cccc(NC(=O)c3cccc4cccc(C(=O)O)c34)c2)c2ccccc2)sc2c1CCCC2. The lowest BCUT2D eigenvalue weighted by molar-refractivity contribution is -0.115. The van der Waals surface area contributed by atoms with E-state index in [1.165, 1.54) is 36.3 Å². The molecule has 10 heteroatoms. The maximum atomic E-state index is 14.0. The Morgan fingerprint density at radius 3 is 2.30 bits per heavy atom.